The van der Waals surface area contributed by atoms with Crippen LogP contribution in [0.1, 0.15) is 17.3 Å². The molecule has 156 valence electrons. The molecule has 1 fully saturated rings. The van der Waals surface area contributed by atoms with Gasteiger partial charge in [-0.2, -0.15) is 0 Å². The van der Waals surface area contributed by atoms with Gasteiger partial charge in [-0.05, 0) is 25.1 Å². The number of nitrogens with zero attached hydrogens (tertiary/aromatic N) is 4. The first-order chi connectivity index (χ1) is 14.5. The molecule has 0 bridgehead atoms. The van der Waals surface area contributed by atoms with Crippen molar-refractivity contribution in [2.75, 3.05) is 36.5 Å². The van der Waals surface area contributed by atoms with Crippen molar-refractivity contribution in [2.45, 2.75) is 6.92 Å². The summed E-state index contributed by atoms with van der Waals surface area (Å²) in [5.41, 5.74) is 2.39. The van der Waals surface area contributed by atoms with Gasteiger partial charge < -0.3 is 9.64 Å². The molecule has 0 spiro atoms. The topological polar surface area (TPSA) is 106 Å². The molecule has 4 heterocycles. The highest BCUT2D eigenvalue weighted by Crippen LogP contribution is 2.22. The quantitative estimate of drug-likeness (QED) is 0.684. The third kappa shape index (κ3) is 4.18. The van der Waals surface area contributed by atoms with Crippen LogP contribution in [0.15, 0.2) is 43.0 Å². The van der Waals surface area contributed by atoms with Crippen molar-refractivity contribution in [2.24, 2.45) is 0 Å². The van der Waals surface area contributed by atoms with Crippen molar-refractivity contribution in [3.63, 3.8) is 0 Å². The van der Waals surface area contributed by atoms with Crippen LogP contribution in [-0.4, -0.2) is 66.8 Å². The Bertz CT molecular complexity index is 1120. The molecule has 1 N–H and O–H groups in total. The Morgan fingerprint density at radius 1 is 1.20 bits per heavy atom. The summed E-state index contributed by atoms with van der Waals surface area (Å²) >= 11 is 0. The van der Waals surface area contributed by atoms with Gasteiger partial charge in [-0.1, -0.05) is 0 Å². The van der Waals surface area contributed by atoms with Crippen LogP contribution in [0.2, 0.25) is 0 Å². The Labute approximate surface area is 175 Å². The molecular weight excluding hydrogens is 406 g/mol. The highest BCUT2D eigenvalue weighted by atomic mass is 32.2. The Hall–Kier alpha value is -3.27. The van der Waals surface area contributed by atoms with E-state index in [0.29, 0.717) is 47.2 Å². The highest BCUT2D eigenvalue weighted by molar-refractivity contribution is 7.85. The minimum Gasteiger partial charge on any atom is -0.450 e. The van der Waals surface area contributed by atoms with E-state index in [1.54, 1.807) is 36.4 Å². The summed E-state index contributed by atoms with van der Waals surface area (Å²) in [5, 5.41) is 3.44. The summed E-state index contributed by atoms with van der Waals surface area (Å²) < 4.78 is 18.2. The Morgan fingerprint density at radius 3 is 2.77 bits per heavy atom. The normalized spacial score (nSPS) is 14.6. The lowest BCUT2D eigenvalue weighted by Crippen LogP contribution is -2.41. The van der Waals surface area contributed by atoms with Gasteiger partial charge in [0.05, 0.1) is 35.9 Å². The Kier molecular flexibility index (Phi) is 5.75. The van der Waals surface area contributed by atoms with E-state index in [0.717, 1.165) is 5.39 Å². The number of carbonyl (C=O) groups excluding carboxylic acids is 2. The molecule has 0 unspecified atom stereocenters. The predicted molar refractivity (Wildman–Crippen MR) is 113 cm³/mol. The first kappa shape index (κ1) is 20.0. The molecule has 1 aliphatic heterocycles. The second-order valence-corrected chi connectivity index (χ2v) is 8.44. The Balaban J connectivity index is 1.58. The molecule has 30 heavy (non-hydrogen) atoms. The van der Waals surface area contributed by atoms with E-state index in [1.165, 1.54) is 6.20 Å². The molecule has 1 saturated heterocycles. The van der Waals surface area contributed by atoms with E-state index < -0.39 is 16.9 Å². The summed E-state index contributed by atoms with van der Waals surface area (Å²) in [6.07, 6.45) is 6.03. The van der Waals surface area contributed by atoms with Crippen LogP contribution in [0.5, 0.6) is 0 Å². The maximum atomic E-state index is 12.7. The smallest absolute Gasteiger partial charge is 0.411 e. The van der Waals surface area contributed by atoms with E-state index >= 15 is 0 Å². The zero-order valence-electron chi connectivity index (χ0n) is 16.4. The fourth-order valence-corrected chi connectivity index (χ4v) is 4.34. The number of pyridine rings is 2. The van der Waals surface area contributed by atoms with Gasteiger partial charge in [-0.15, -0.1) is 0 Å². The zero-order chi connectivity index (χ0) is 21.1. The number of hydrogen-bond acceptors (Lipinski definition) is 6. The van der Waals surface area contributed by atoms with Crippen LogP contribution in [0.3, 0.4) is 0 Å². The standard InChI is InChI=1S/C20H21N5O4S/c1-2-29-20(27)23-16-10-17(13-21-12-16)25-4-3-14-9-15(11-22-18(14)25)19(26)24-5-7-30(28)8-6-24/h3-4,9-13H,2,5-8H2,1H3,(H,23,27). The molecule has 0 saturated carbocycles. The number of amides is 2. The summed E-state index contributed by atoms with van der Waals surface area (Å²) in [6.45, 7) is 3.01. The van der Waals surface area contributed by atoms with Crippen molar-refractivity contribution in [3.8, 4) is 5.69 Å². The summed E-state index contributed by atoms with van der Waals surface area (Å²) in [7, 11) is -0.834. The highest BCUT2D eigenvalue weighted by Gasteiger charge is 2.22. The van der Waals surface area contributed by atoms with Gasteiger partial charge in [0, 0.05) is 53.2 Å². The molecule has 0 atom stereocenters. The molecule has 1 aliphatic rings. The SMILES string of the molecule is CCOC(=O)Nc1cncc(-n2ccc3cc(C(=O)N4CCS(=O)CC4)cnc32)c1. The average molecular weight is 427 g/mol. The average Bonchev–Trinajstić information content (AvgIpc) is 3.17. The summed E-state index contributed by atoms with van der Waals surface area (Å²) in [6, 6.07) is 5.44. The van der Waals surface area contributed by atoms with Crippen LogP contribution >= 0.6 is 0 Å². The summed E-state index contributed by atoms with van der Waals surface area (Å²) in [5.74, 6) is 0.929. The molecule has 0 aromatic carbocycles. The lowest BCUT2D eigenvalue weighted by Gasteiger charge is -2.26. The van der Waals surface area contributed by atoms with E-state index in [2.05, 4.69) is 15.3 Å². The number of aromatic nitrogens is 3. The zero-order valence-corrected chi connectivity index (χ0v) is 17.2. The molecular formula is C20H21N5O4S. The number of hydrogen-bond donors (Lipinski definition) is 1. The molecule has 0 aliphatic carbocycles. The first-order valence-corrected chi connectivity index (χ1v) is 11.0. The maximum Gasteiger partial charge on any atom is 0.411 e. The third-order valence-electron chi connectivity index (χ3n) is 4.76. The van der Waals surface area contributed by atoms with Gasteiger partial charge >= 0.3 is 6.09 Å². The first-order valence-electron chi connectivity index (χ1n) is 9.55. The molecule has 4 rings (SSSR count). The van der Waals surface area contributed by atoms with Crippen LogP contribution in [0.4, 0.5) is 10.5 Å². The fraction of sp³-hybridized carbons (Fsp3) is 0.300. The van der Waals surface area contributed by atoms with Gasteiger partial charge in [0.1, 0.15) is 5.65 Å². The number of anilines is 1. The van der Waals surface area contributed by atoms with Crippen molar-refractivity contribution in [3.05, 3.63) is 48.5 Å². The number of nitrogens with one attached hydrogen (secondary N) is 1. The second-order valence-electron chi connectivity index (χ2n) is 6.74. The minimum absolute atomic E-state index is 0.101. The van der Waals surface area contributed by atoms with Crippen molar-refractivity contribution in [1.82, 2.24) is 19.4 Å². The van der Waals surface area contributed by atoms with E-state index in [4.69, 9.17) is 4.74 Å². The number of ether oxygens (including phenoxy) is 1. The third-order valence-corrected chi connectivity index (χ3v) is 6.04. The summed E-state index contributed by atoms with van der Waals surface area (Å²) in [4.78, 5) is 34.8. The number of rotatable bonds is 4. The van der Waals surface area contributed by atoms with Gasteiger partial charge in [0.2, 0.25) is 0 Å². The second kappa shape index (κ2) is 8.62. The number of fused-ring (bicyclic) bond motifs is 1. The molecule has 3 aromatic heterocycles. The van der Waals surface area contributed by atoms with Gasteiger partial charge in [0.25, 0.3) is 5.91 Å². The van der Waals surface area contributed by atoms with Gasteiger partial charge in [-0.25, -0.2) is 9.78 Å². The van der Waals surface area contributed by atoms with Crippen molar-refractivity contribution < 1.29 is 18.5 Å². The largest absolute Gasteiger partial charge is 0.450 e. The molecule has 9 nitrogen and oxygen atoms in total. The van der Waals surface area contributed by atoms with E-state index in [9.17, 15) is 13.8 Å². The number of carbonyl (C=O) groups is 2. The minimum atomic E-state index is -0.834. The van der Waals surface area contributed by atoms with Crippen LogP contribution in [-0.2, 0) is 15.5 Å². The van der Waals surface area contributed by atoms with Crippen LogP contribution in [0, 0.1) is 0 Å². The maximum absolute atomic E-state index is 12.7. The molecule has 10 heteroatoms. The van der Waals surface area contributed by atoms with E-state index in [1.807, 2.05) is 16.8 Å². The molecule has 3 aromatic rings. The van der Waals surface area contributed by atoms with E-state index in [-0.39, 0.29) is 12.5 Å². The fourth-order valence-electron chi connectivity index (χ4n) is 3.29. The van der Waals surface area contributed by atoms with Crippen molar-refractivity contribution >= 4 is 39.5 Å². The van der Waals surface area contributed by atoms with Gasteiger partial charge in [0.15, 0.2) is 0 Å². The van der Waals surface area contributed by atoms with Crippen molar-refractivity contribution in [1.29, 1.82) is 0 Å². The lowest BCUT2D eigenvalue weighted by molar-refractivity contribution is 0.0771. The van der Waals surface area contributed by atoms with Gasteiger partial charge in [-0.3, -0.25) is 23.9 Å². The molecule has 0 radical (unpaired) electrons. The monoisotopic (exact) mass is 427 g/mol. The van der Waals surface area contributed by atoms with Crippen LogP contribution < -0.4 is 5.32 Å². The van der Waals surface area contributed by atoms with Crippen LogP contribution in [0.25, 0.3) is 16.7 Å². The predicted octanol–water partition coefficient (Wildman–Crippen LogP) is 2.19. The Morgan fingerprint density at radius 2 is 2.00 bits per heavy atom. The molecule has 2 amide bonds. The lowest BCUT2D eigenvalue weighted by atomic mass is 10.2.